The van der Waals surface area contributed by atoms with E-state index in [-0.39, 0.29) is 18.4 Å². The zero-order valence-electron chi connectivity index (χ0n) is 16.8. The Morgan fingerprint density at radius 3 is 2.72 bits per heavy atom. The van der Waals surface area contributed by atoms with Crippen LogP contribution in [0.3, 0.4) is 0 Å². The fourth-order valence-corrected chi connectivity index (χ4v) is 4.13. The number of benzene rings is 1. The lowest BCUT2D eigenvalue weighted by Crippen LogP contribution is -2.41. The highest BCUT2D eigenvalue weighted by Gasteiger charge is 2.29. The van der Waals surface area contributed by atoms with E-state index < -0.39 is 5.91 Å². The fraction of sp³-hybridized carbons (Fsp3) is 0.364. The summed E-state index contributed by atoms with van der Waals surface area (Å²) in [6, 6.07) is 11.5. The number of nitrogens with zero attached hydrogens (tertiary/aromatic N) is 4. The van der Waals surface area contributed by atoms with Gasteiger partial charge in [-0.1, -0.05) is 18.2 Å². The molecule has 3 aromatic rings. The molecule has 7 heteroatoms. The first-order valence-corrected chi connectivity index (χ1v) is 9.90. The summed E-state index contributed by atoms with van der Waals surface area (Å²) in [4.78, 5) is 31.6. The van der Waals surface area contributed by atoms with Gasteiger partial charge in [0.05, 0.1) is 22.5 Å². The molecule has 1 aliphatic rings. The average molecular weight is 391 g/mol. The largest absolute Gasteiger partial charge is 0.366 e. The van der Waals surface area contributed by atoms with Gasteiger partial charge in [0.2, 0.25) is 5.91 Å². The lowest BCUT2D eigenvalue weighted by molar-refractivity contribution is -0.133. The zero-order chi connectivity index (χ0) is 20.5. The van der Waals surface area contributed by atoms with Crippen LogP contribution in [0, 0.1) is 13.8 Å². The van der Waals surface area contributed by atoms with Gasteiger partial charge in [0.15, 0.2) is 0 Å². The Hall–Kier alpha value is -3.22. The number of fused-ring (bicyclic) bond motifs is 1. The molecule has 2 aromatic heterocycles. The van der Waals surface area contributed by atoms with Crippen molar-refractivity contribution in [2.75, 3.05) is 13.1 Å². The molecular formula is C22H25N5O2. The smallest absolute Gasteiger partial charge is 0.250 e. The van der Waals surface area contributed by atoms with E-state index >= 15 is 0 Å². The number of aromatic nitrogens is 3. The number of aryl methyl sites for hydroxylation is 2. The van der Waals surface area contributed by atoms with Crippen molar-refractivity contribution in [2.45, 2.75) is 39.2 Å². The second kappa shape index (κ2) is 7.66. The number of pyridine rings is 1. The number of hydrogen-bond acceptors (Lipinski definition) is 4. The molecule has 29 heavy (non-hydrogen) atoms. The average Bonchev–Trinajstić information content (AvgIpc) is 3.03. The summed E-state index contributed by atoms with van der Waals surface area (Å²) in [7, 11) is 0. The van der Waals surface area contributed by atoms with Crippen molar-refractivity contribution in [1.82, 2.24) is 19.7 Å². The van der Waals surface area contributed by atoms with E-state index in [0.29, 0.717) is 24.3 Å². The van der Waals surface area contributed by atoms with E-state index in [0.717, 1.165) is 35.1 Å². The molecule has 1 aromatic carbocycles. The second-order valence-corrected chi connectivity index (χ2v) is 7.74. The van der Waals surface area contributed by atoms with Crippen LogP contribution in [0.5, 0.6) is 0 Å². The highest BCUT2D eigenvalue weighted by molar-refractivity contribution is 5.97. The van der Waals surface area contributed by atoms with Gasteiger partial charge in [-0.05, 0) is 44.9 Å². The minimum Gasteiger partial charge on any atom is -0.366 e. The van der Waals surface area contributed by atoms with Crippen molar-refractivity contribution >= 4 is 22.7 Å². The third-order valence-corrected chi connectivity index (χ3v) is 5.57. The minimum atomic E-state index is -0.482. The molecule has 0 aliphatic carbocycles. The Morgan fingerprint density at radius 2 is 2.00 bits per heavy atom. The zero-order valence-corrected chi connectivity index (χ0v) is 16.8. The Kier molecular flexibility index (Phi) is 5.05. The molecule has 0 unspecified atom stereocenters. The van der Waals surface area contributed by atoms with Crippen LogP contribution >= 0.6 is 0 Å². The highest BCUT2D eigenvalue weighted by atomic mass is 16.2. The van der Waals surface area contributed by atoms with Crippen LogP contribution in [0.25, 0.3) is 10.9 Å². The number of carbonyl (C=O) groups excluding carboxylic acids is 2. The van der Waals surface area contributed by atoms with Gasteiger partial charge in [-0.25, -0.2) is 0 Å². The van der Waals surface area contributed by atoms with Gasteiger partial charge in [0.1, 0.15) is 6.54 Å². The molecule has 0 saturated carbocycles. The molecular weight excluding hydrogens is 366 g/mol. The summed E-state index contributed by atoms with van der Waals surface area (Å²) in [5.74, 6) is -0.466. The number of nitrogens with two attached hydrogens (primary N) is 1. The fourth-order valence-electron chi connectivity index (χ4n) is 4.13. The summed E-state index contributed by atoms with van der Waals surface area (Å²) in [5, 5.41) is 5.28. The Morgan fingerprint density at radius 1 is 1.21 bits per heavy atom. The molecule has 1 atom stereocenters. The molecule has 1 saturated heterocycles. The number of rotatable bonds is 4. The van der Waals surface area contributed by atoms with Gasteiger partial charge in [0.25, 0.3) is 5.91 Å². The van der Waals surface area contributed by atoms with Crippen LogP contribution in [0.4, 0.5) is 0 Å². The number of carbonyl (C=O) groups is 2. The summed E-state index contributed by atoms with van der Waals surface area (Å²) < 4.78 is 1.74. The molecule has 0 radical (unpaired) electrons. The number of primary amides is 1. The van der Waals surface area contributed by atoms with Gasteiger partial charge >= 0.3 is 0 Å². The molecule has 7 nitrogen and oxygen atoms in total. The van der Waals surface area contributed by atoms with Gasteiger partial charge in [0, 0.05) is 30.1 Å². The maximum absolute atomic E-state index is 12.9. The maximum atomic E-state index is 12.9. The molecule has 2 N–H and O–H groups in total. The van der Waals surface area contributed by atoms with Crippen LogP contribution in [0.2, 0.25) is 0 Å². The quantitative estimate of drug-likeness (QED) is 0.739. The van der Waals surface area contributed by atoms with E-state index in [1.54, 1.807) is 4.68 Å². The predicted molar refractivity (Wildman–Crippen MR) is 111 cm³/mol. The molecule has 0 spiro atoms. The van der Waals surface area contributed by atoms with E-state index in [1.807, 2.05) is 55.1 Å². The Bertz CT molecular complexity index is 1090. The Balaban J connectivity index is 1.59. The van der Waals surface area contributed by atoms with Crippen molar-refractivity contribution < 1.29 is 9.59 Å². The maximum Gasteiger partial charge on any atom is 0.250 e. The minimum absolute atomic E-state index is 0.0136. The van der Waals surface area contributed by atoms with Crippen molar-refractivity contribution in [3.63, 3.8) is 0 Å². The second-order valence-electron chi connectivity index (χ2n) is 7.74. The number of hydrogen-bond donors (Lipinski definition) is 1. The van der Waals surface area contributed by atoms with Crippen LogP contribution < -0.4 is 5.73 Å². The van der Waals surface area contributed by atoms with E-state index in [9.17, 15) is 9.59 Å². The summed E-state index contributed by atoms with van der Waals surface area (Å²) >= 11 is 0. The summed E-state index contributed by atoms with van der Waals surface area (Å²) in [5.41, 5.74) is 9.50. The van der Waals surface area contributed by atoms with Crippen LogP contribution in [-0.4, -0.2) is 44.6 Å². The standard InChI is InChI=1S/C22H25N5O2/c1-14-10-15(2)27(25-14)13-20(28)26-9-5-7-17(12-26)21-18(22(23)29)11-16-6-3-4-8-19(16)24-21/h3-4,6,8,10-11,17H,5,7,9,12-13H2,1-2H3,(H2,23,29)/t17-/m1/s1. The molecule has 1 aliphatic heterocycles. The summed E-state index contributed by atoms with van der Waals surface area (Å²) in [6.45, 7) is 5.32. The molecule has 1 fully saturated rings. The first-order chi connectivity index (χ1) is 13.9. The van der Waals surface area contributed by atoms with Crippen molar-refractivity contribution in [3.8, 4) is 0 Å². The van der Waals surface area contributed by atoms with Crippen molar-refractivity contribution in [3.05, 3.63) is 59.0 Å². The lowest BCUT2D eigenvalue weighted by atomic mass is 9.90. The number of likely N-dealkylation sites (tertiary alicyclic amines) is 1. The highest BCUT2D eigenvalue weighted by Crippen LogP contribution is 2.30. The molecule has 4 rings (SSSR count). The summed E-state index contributed by atoms with van der Waals surface area (Å²) in [6.07, 6.45) is 1.73. The number of piperidine rings is 1. The normalized spacial score (nSPS) is 16.9. The van der Waals surface area contributed by atoms with Crippen LogP contribution in [-0.2, 0) is 11.3 Å². The number of amides is 2. The predicted octanol–water partition coefficient (Wildman–Crippen LogP) is 2.55. The monoisotopic (exact) mass is 391 g/mol. The molecule has 3 heterocycles. The van der Waals surface area contributed by atoms with E-state index in [1.165, 1.54) is 0 Å². The van der Waals surface area contributed by atoms with E-state index in [4.69, 9.17) is 10.7 Å². The first kappa shape index (κ1) is 19.1. The van der Waals surface area contributed by atoms with Gasteiger partial charge in [-0.2, -0.15) is 5.10 Å². The van der Waals surface area contributed by atoms with Crippen molar-refractivity contribution in [1.29, 1.82) is 0 Å². The lowest BCUT2D eigenvalue weighted by Gasteiger charge is -2.33. The SMILES string of the molecule is Cc1cc(C)n(CC(=O)N2CCC[C@@H](c3nc4ccccc4cc3C(N)=O)C2)n1. The number of para-hydroxylation sites is 1. The van der Waals surface area contributed by atoms with Crippen LogP contribution in [0.1, 0.15) is 46.2 Å². The van der Waals surface area contributed by atoms with Gasteiger partial charge in [-0.15, -0.1) is 0 Å². The third-order valence-electron chi connectivity index (χ3n) is 5.57. The molecule has 2 amide bonds. The van der Waals surface area contributed by atoms with Crippen molar-refractivity contribution in [2.24, 2.45) is 5.73 Å². The molecule has 150 valence electrons. The topological polar surface area (TPSA) is 94.1 Å². The van der Waals surface area contributed by atoms with Crippen LogP contribution in [0.15, 0.2) is 36.4 Å². The molecule has 0 bridgehead atoms. The Labute approximate surface area is 169 Å². The third kappa shape index (κ3) is 3.85. The van der Waals surface area contributed by atoms with Gasteiger partial charge in [-0.3, -0.25) is 19.3 Å². The van der Waals surface area contributed by atoms with Gasteiger partial charge < -0.3 is 10.6 Å². The first-order valence-electron chi connectivity index (χ1n) is 9.90. The van der Waals surface area contributed by atoms with E-state index in [2.05, 4.69) is 5.10 Å².